The van der Waals surface area contributed by atoms with E-state index in [0.29, 0.717) is 47.7 Å². The number of rotatable bonds is 8. The van der Waals surface area contributed by atoms with E-state index in [0.717, 1.165) is 63.5 Å². The number of likely N-dealkylation sites (tertiary alicyclic amines) is 1. The first-order chi connectivity index (χ1) is 23.3. The predicted molar refractivity (Wildman–Crippen MR) is 181 cm³/mol. The van der Waals surface area contributed by atoms with Crippen LogP contribution >= 0.6 is 0 Å². The van der Waals surface area contributed by atoms with E-state index >= 15 is 0 Å². The summed E-state index contributed by atoms with van der Waals surface area (Å²) < 4.78 is 13.1. The van der Waals surface area contributed by atoms with Gasteiger partial charge in [0.1, 0.15) is 46.5 Å². The van der Waals surface area contributed by atoms with Gasteiger partial charge in [-0.1, -0.05) is 18.2 Å². The lowest BCUT2D eigenvalue weighted by molar-refractivity contribution is -0.128. The number of fused-ring (bicyclic) bond motifs is 1. The van der Waals surface area contributed by atoms with Crippen molar-refractivity contribution in [1.82, 2.24) is 34.3 Å². The van der Waals surface area contributed by atoms with Crippen molar-refractivity contribution in [3.63, 3.8) is 0 Å². The van der Waals surface area contributed by atoms with Crippen LogP contribution < -0.4 is 10.5 Å². The van der Waals surface area contributed by atoms with Crippen molar-refractivity contribution in [3.05, 3.63) is 78.4 Å². The minimum absolute atomic E-state index is 0.101. The summed E-state index contributed by atoms with van der Waals surface area (Å²) in [6.45, 7) is 10.4. The second kappa shape index (κ2) is 13.4. The molecule has 4 aromatic rings. The fraction of sp³-hybridized carbons (Fsp3) is 0.417. The number of hydrogen-bond donors (Lipinski definition) is 1. The first-order valence-corrected chi connectivity index (χ1v) is 16.6. The van der Waals surface area contributed by atoms with Crippen LogP contribution in [0.3, 0.4) is 0 Å². The Balaban J connectivity index is 1.09. The number of benzene rings is 2. The average molecular weight is 648 g/mol. The summed E-state index contributed by atoms with van der Waals surface area (Å²) in [7, 11) is 0. The SMILES string of the molecule is CC(C)(/C=C(/C#N)C(=O)N1CCC[C@@H](c2nc(-c3ccc(Oc4ccccc4)cc3)c3c(N)ncnn23)C1)N1CCN(C2COC2)CC1. The highest BCUT2D eigenvalue weighted by atomic mass is 16.5. The van der Waals surface area contributed by atoms with E-state index in [1.54, 1.807) is 9.42 Å². The number of nitrogens with two attached hydrogens (primary N) is 1. The molecule has 1 atom stereocenters. The Morgan fingerprint density at radius 3 is 2.46 bits per heavy atom. The lowest BCUT2D eigenvalue weighted by atomic mass is 9.94. The summed E-state index contributed by atoms with van der Waals surface area (Å²) in [6, 6.07) is 20.0. The highest BCUT2D eigenvalue weighted by Crippen LogP contribution is 2.35. The molecule has 0 unspecified atom stereocenters. The molecule has 2 aromatic heterocycles. The molecule has 3 fully saturated rings. The Kier molecular flexibility index (Phi) is 8.83. The Morgan fingerprint density at radius 2 is 1.77 bits per heavy atom. The van der Waals surface area contributed by atoms with Crippen molar-refractivity contribution < 1.29 is 14.3 Å². The summed E-state index contributed by atoms with van der Waals surface area (Å²) >= 11 is 0. The maximum absolute atomic E-state index is 13.9. The lowest BCUT2D eigenvalue weighted by Crippen LogP contribution is -2.59. The van der Waals surface area contributed by atoms with Crippen LogP contribution in [0.25, 0.3) is 16.8 Å². The predicted octanol–water partition coefficient (Wildman–Crippen LogP) is 4.12. The number of hydrogen-bond acceptors (Lipinski definition) is 10. The first kappa shape index (κ1) is 31.8. The molecule has 0 saturated carbocycles. The van der Waals surface area contributed by atoms with E-state index in [4.69, 9.17) is 20.2 Å². The molecule has 12 heteroatoms. The number of nitrogens with zero attached hydrogens (tertiary/aromatic N) is 8. The number of piperazine rings is 1. The van der Waals surface area contributed by atoms with Crippen LogP contribution in [0.15, 0.2) is 72.6 Å². The van der Waals surface area contributed by atoms with Gasteiger partial charge in [0.25, 0.3) is 5.91 Å². The third-order valence-electron chi connectivity index (χ3n) is 9.78. The van der Waals surface area contributed by atoms with Gasteiger partial charge in [-0.2, -0.15) is 10.4 Å². The molecule has 1 amide bonds. The highest BCUT2D eigenvalue weighted by molar-refractivity contribution is 5.97. The summed E-state index contributed by atoms with van der Waals surface area (Å²) in [5, 5.41) is 14.7. The number of aromatic nitrogens is 4. The van der Waals surface area contributed by atoms with Gasteiger partial charge in [0.15, 0.2) is 5.82 Å². The maximum Gasteiger partial charge on any atom is 0.264 e. The molecular weight excluding hydrogens is 606 g/mol. The highest BCUT2D eigenvalue weighted by Gasteiger charge is 2.36. The molecule has 2 N–H and O–H groups in total. The molecule has 7 rings (SSSR count). The van der Waals surface area contributed by atoms with Gasteiger partial charge in [0.05, 0.1) is 19.3 Å². The molecule has 48 heavy (non-hydrogen) atoms. The normalized spacial score (nSPS) is 20.0. The molecular formula is C36H41N9O3. The summed E-state index contributed by atoms with van der Waals surface area (Å²) in [6.07, 6.45) is 4.88. The Bertz CT molecular complexity index is 1840. The van der Waals surface area contributed by atoms with Gasteiger partial charge in [0.2, 0.25) is 0 Å². The van der Waals surface area contributed by atoms with E-state index in [9.17, 15) is 10.1 Å². The van der Waals surface area contributed by atoms with Gasteiger partial charge >= 0.3 is 0 Å². The van der Waals surface area contributed by atoms with Crippen molar-refractivity contribution in [1.29, 1.82) is 5.26 Å². The van der Waals surface area contributed by atoms with Crippen molar-refractivity contribution in [3.8, 4) is 28.8 Å². The number of amides is 1. The van der Waals surface area contributed by atoms with Crippen molar-refractivity contribution in [2.75, 3.05) is 58.2 Å². The number of imidazole rings is 1. The zero-order chi connectivity index (χ0) is 33.3. The number of para-hydroxylation sites is 1. The monoisotopic (exact) mass is 647 g/mol. The number of anilines is 1. The van der Waals surface area contributed by atoms with Crippen LogP contribution in [0.2, 0.25) is 0 Å². The van der Waals surface area contributed by atoms with Crippen LogP contribution in [0.5, 0.6) is 11.5 Å². The minimum Gasteiger partial charge on any atom is -0.457 e. The van der Waals surface area contributed by atoms with Gasteiger partial charge in [-0.05, 0) is 69.2 Å². The molecule has 3 aliphatic heterocycles. The van der Waals surface area contributed by atoms with E-state index in [2.05, 4.69) is 39.8 Å². The number of piperidine rings is 1. The molecule has 248 valence electrons. The third kappa shape index (κ3) is 6.36. The Labute approximate surface area is 280 Å². The minimum atomic E-state index is -0.442. The number of carbonyl (C=O) groups excluding carboxylic acids is 1. The average Bonchev–Trinajstić information content (AvgIpc) is 3.48. The van der Waals surface area contributed by atoms with Gasteiger partial charge in [-0.15, -0.1) is 0 Å². The number of ether oxygens (including phenoxy) is 2. The van der Waals surface area contributed by atoms with Gasteiger partial charge in [0, 0.05) is 56.3 Å². The molecule has 12 nitrogen and oxygen atoms in total. The van der Waals surface area contributed by atoms with Gasteiger partial charge in [-0.25, -0.2) is 14.5 Å². The van der Waals surface area contributed by atoms with E-state index in [-0.39, 0.29) is 17.4 Å². The van der Waals surface area contributed by atoms with Gasteiger partial charge < -0.3 is 20.1 Å². The molecule has 0 radical (unpaired) electrons. The van der Waals surface area contributed by atoms with Crippen LogP contribution in [0, 0.1) is 11.3 Å². The second-order valence-corrected chi connectivity index (χ2v) is 13.3. The van der Waals surface area contributed by atoms with Crippen molar-refractivity contribution in [2.24, 2.45) is 0 Å². The van der Waals surface area contributed by atoms with Crippen molar-refractivity contribution >= 4 is 17.2 Å². The number of nitrogen functional groups attached to an aromatic ring is 1. The van der Waals surface area contributed by atoms with Crippen LogP contribution in [0.4, 0.5) is 5.82 Å². The molecule has 0 aliphatic carbocycles. The van der Waals surface area contributed by atoms with E-state index in [1.807, 2.05) is 60.7 Å². The Morgan fingerprint density at radius 1 is 1.04 bits per heavy atom. The zero-order valence-electron chi connectivity index (χ0n) is 27.5. The smallest absolute Gasteiger partial charge is 0.264 e. The molecule has 5 heterocycles. The van der Waals surface area contributed by atoms with Crippen LogP contribution in [-0.2, 0) is 9.53 Å². The number of carbonyl (C=O) groups is 1. The van der Waals surface area contributed by atoms with E-state index in [1.165, 1.54) is 6.33 Å². The third-order valence-corrected chi connectivity index (χ3v) is 9.78. The molecule has 3 aliphatic rings. The molecule has 0 spiro atoms. The standard InChI is InChI=1S/C36H41N9O3/c1-36(2,44-17-15-42(16-18-44)28-22-47-23-28)19-27(20-37)35(46)43-14-6-7-26(21-43)34-41-31(32-33(38)39-24-40-45(32)34)25-10-12-30(13-11-25)48-29-8-4-3-5-9-29/h3-5,8-13,19,24,26,28H,6-7,14-18,21-23H2,1-2H3,(H2,38,39,40)/b27-19-/t26-/m1/s1. The topological polar surface area (TPSA) is 138 Å². The fourth-order valence-electron chi connectivity index (χ4n) is 6.97. The first-order valence-electron chi connectivity index (χ1n) is 16.6. The Hall–Kier alpha value is -4.83. The van der Waals surface area contributed by atoms with Gasteiger partial charge in [-0.3, -0.25) is 14.6 Å². The summed E-state index contributed by atoms with van der Waals surface area (Å²) in [5.74, 6) is 2.15. The molecule has 0 bridgehead atoms. The fourth-order valence-corrected chi connectivity index (χ4v) is 6.97. The van der Waals surface area contributed by atoms with Crippen LogP contribution in [0.1, 0.15) is 38.4 Å². The van der Waals surface area contributed by atoms with Crippen molar-refractivity contribution in [2.45, 2.75) is 44.2 Å². The zero-order valence-corrected chi connectivity index (χ0v) is 27.5. The largest absolute Gasteiger partial charge is 0.457 e. The lowest BCUT2D eigenvalue weighted by Gasteiger charge is -2.46. The molecule has 3 saturated heterocycles. The maximum atomic E-state index is 13.9. The number of nitriles is 1. The second-order valence-electron chi connectivity index (χ2n) is 13.3. The summed E-state index contributed by atoms with van der Waals surface area (Å²) in [4.78, 5) is 29.8. The summed E-state index contributed by atoms with van der Waals surface area (Å²) in [5.41, 5.74) is 8.27. The van der Waals surface area contributed by atoms with Crippen LogP contribution in [-0.4, -0.2) is 104 Å². The molecule has 2 aromatic carbocycles. The quantitative estimate of drug-likeness (QED) is 0.220. The van der Waals surface area contributed by atoms with E-state index < -0.39 is 5.54 Å².